The van der Waals surface area contributed by atoms with Crippen molar-refractivity contribution in [2.24, 2.45) is 29.6 Å². The highest BCUT2D eigenvalue weighted by Gasteiger charge is 2.41. The largest absolute Gasteiger partial charge is 0.314 e. The van der Waals surface area contributed by atoms with Gasteiger partial charge in [0.25, 0.3) is 0 Å². The fourth-order valence-corrected chi connectivity index (χ4v) is 5.45. The van der Waals surface area contributed by atoms with Gasteiger partial charge in [-0.2, -0.15) is 0 Å². The van der Waals surface area contributed by atoms with Crippen LogP contribution in [-0.2, 0) is 0 Å². The van der Waals surface area contributed by atoms with Gasteiger partial charge in [0.15, 0.2) is 0 Å². The van der Waals surface area contributed by atoms with E-state index >= 15 is 0 Å². The van der Waals surface area contributed by atoms with E-state index in [0.717, 1.165) is 35.6 Å². The van der Waals surface area contributed by atoms with Crippen molar-refractivity contribution in [1.82, 2.24) is 5.32 Å². The van der Waals surface area contributed by atoms with E-state index in [-0.39, 0.29) is 0 Å². The summed E-state index contributed by atoms with van der Waals surface area (Å²) in [5, 5.41) is 3.94. The van der Waals surface area contributed by atoms with Crippen molar-refractivity contribution in [2.45, 2.75) is 84.1 Å². The first-order valence-corrected chi connectivity index (χ1v) is 9.49. The minimum Gasteiger partial charge on any atom is -0.314 e. The maximum absolute atomic E-state index is 3.94. The summed E-state index contributed by atoms with van der Waals surface area (Å²) in [6.07, 6.45) is 15.0. The summed E-state index contributed by atoms with van der Waals surface area (Å²) in [6, 6.07) is 0.840. The molecule has 0 aliphatic heterocycles. The lowest BCUT2D eigenvalue weighted by molar-refractivity contribution is 0.185. The Balaban J connectivity index is 1.55. The quantitative estimate of drug-likeness (QED) is 0.720. The first kappa shape index (κ1) is 14.9. The highest BCUT2D eigenvalue weighted by atomic mass is 14.9. The van der Waals surface area contributed by atoms with Gasteiger partial charge in [0.1, 0.15) is 0 Å². The molecule has 1 N–H and O–H groups in total. The lowest BCUT2D eigenvalue weighted by Gasteiger charge is -2.36. The average molecular weight is 277 g/mol. The second-order valence-electron chi connectivity index (χ2n) is 8.25. The van der Waals surface area contributed by atoms with Gasteiger partial charge in [-0.05, 0) is 81.1 Å². The van der Waals surface area contributed by atoms with Crippen LogP contribution in [0, 0.1) is 29.6 Å². The standard InChI is InChI=1S/C19H35N/c1-3-10-20-19(16-7-4-14(2)5-8-16)13-18-12-15-6-9-17(18)11-15/h14-20H,3-13H2,1-2H3. The Labute approximate surface area is 126 Å². The van der Waals surface area contributed by atoms with Gasteiger partial charge in [0.05, 0.1) is 0 Å². The Morgan fingerprint density at radius 3 is 2.40 bits per heavy atom. The molecule has 0 radical (unpaired) electrons. The monoisotopic (exact) mass is 277 g/mol. The molecule has 20 heavy (non-hydrogen) atoms. The van der Waals surface area contributed by atoms with E-state index in [2.05, 4.69) is 19.2 Å². The predicted molar refractivity (Wildman–Crippen MR) is 86.8 cm³/mol. The van der Waals surface area contributed by atoms with E-state index in [1.54, 1.807) is 25.7 Å². The van der Waals surface area contributed by atoms with Crippen LogP contribution in [0.2, 0.25) is 0 Å². The van der Waals surface area contributed by atoms with Crippen LogP contribution < -0.4 is 5.32 Å². The highest BCUT2D eigenvalue weighted by molar-refractivity contribution is 4.93. The van der Waals surface area contributed by atoms with Crippen LogP contribution >= 0.6 is 0 Å². The van der Waals surface area contributed by atoms with Gasteiger partial charge < -0.3 is 5.32 Å². The zero-order chi connectivity index (χ0) is 13.9. The Bertz CT molecular complexity index is 292. The van der Waals surface area contributed by atoms with Crippen LogP contribution in [0.4, 0.5) is 0 Å². The summed E-state index contributed by atoms with van der Waals surface area (Å²) in [5.74, 6) is 5.26. The molecule has 3 fully saturated rings. The SMILES string of the molecule is CCCNC(CC1CC2CCC1C2)C1CCC(C)CC1. The van der Waals surface area contributed by atoms with Crippen LogP contribution in [0.1, 0.15) is 78.1 Å². The molecule has 3 aliphatic rings. The van der Waals surface area contributed by atoms with Crippen LogP contribution in [0.25, 0.3) is 0 Å². The van der Waals surface area contributed by atoms with E-state index in [0.29, 0.717) is 0 Å². The number of fused-ring (bicyclic) bond motifs is 2. The molecule has 1 heteroatoms. The molecule has 116 valence electrons. The third kappa shape index (κ3) is 3.40. The van der Waals surface area contributed by atoms with E-state index < -0.39 is 0 Å². The van der Waals surface area contributed by atoms with Crippen molar-refractivity contribution < 1.29 is 0 Å². The summed E-state index contributed by atoms with van der Waals surface area (Å²) in [4.78, 5) is 0. The summed E-state index contributed by atoms with van der Waals surface area (Å²) in [6.45, 7) is 5.99. The maximum Gasteiger partial charge on any atom is 0.00980 e. The second-order valence-corrected chi connectivity index (χ2v) is 8.25. The molecular weight excluding hydrogens is 242 g/mol. The molecule has 3 aliphatic carbocycles. The molecular formula is C19H35N. The van der Waals surface area contributed by atoms with Crippen LogP contribution in [-0.4, -0.2) is 12.6 Å². The molecule has 0 saturated heterocycles. The minimum absolute atomic E-state index is 0.840. The van der Waals surface area contributed by atoms with Crippen molar-refractivity contribution in [3.05, 3.63) is 0 Å². The Kier molecular flexibility index (Phi) is 5.07. The van der Waals surface area contributed by atoms with Crippen LogP contribution in [0.15, 0.2) is 0 Å². The average Bonchev–Trinajstić information content (AvgIpc) is 3.07. The molecule has 3 saturated carbocycles. The number of rotatable bonds is 6. The molecule has 0 amide bonds. The van der Waals surface area contributed by atoms with Gasteiger partial charge in [0.2, 0.25) is 0 Å². The fraction of sp³-hybridized carbons (Fsp3) is 1.00. The Hall–Kier alpha value is -0.0400. The lowest BCUT2D eigenvalue weighted by atomic mass is 9.74. The molecule has 0 spiro atoms. The topological polar surface area (TPSA) is 12.0 Å². The maximum atomic E-state index is 3.94. The molecule has 0 aromatic rings. The molecule has 3 rings (SSSR count). The van der Waals surface area contributed by atoms with E-state index in [4.69, 9.17) is 0 Å². The zero-order valence-electron chi connectivity index (χ0n) is 13.7. The van der Waals surface area contributed by atoms with Gasteiger partial charge >= 0.3 is 0 Å². The molecule has 4 atom stereocenters. The molecule has 0 aromatic carbocycles. The van der Waals surface area contributed by atoms with Gasteiger partial charge in [0, 0.05) is 6.04 Å². The predicted octanol–water partition coefficient (Wildman–Crippen LogP) is 5.01. The van der Waals surface area contributed by atoms with Crippen molar-refractivity contribution >= 4 is 0 Å². The van der Waals surface area contributed by atoms with Crippen molar-refractivity contribution in [3.8, 4) is 0 Å². The lowest BCUT2D eigenvalue weighted by Crippen LogP contribution is -2.40. The van der Waals surface area contributed by atoms with Crippen molar-refractivity contribution in [3.63, 3.8) is 0 Å². The van der Waals surface area contributed by atoms with E-state index in [1.807, 2.05) is 0 Å². The number of hydrogen-bond acceptors (Lipinski definition) is 1. The number of nitrogens with one attached hydrogen (secondary N) is 1. The van der Waals surface area contributed by atoms with Gasteiger partial charge in [-0.25, -0.2) is 0 Å². The van der Waals surface area contributed by atoms with Crippen molar-refractivity contribution in [2.75, 3.05) is 6.54 Å². The van der Waals surface area contributed by atoms with Gasteiger partial charge in [-0.3, -0.25) is 0 Å². The minimum atomic E-state index is 0.840. The van der Waals surface area contributed by atoms with E-state index in [1.165, 1.54) is 45.1 Å². The molecule has 2 bridgehead atoms. The normalized spacial score (nSPS) is 42.0. The Morgan fingerprint density at radius 2 is 1.80 bits per heavy atom. The fourth-order valence-electron chi connectivity index (χ4n) is 5.45. The van der Waals surface area contributed by atoms with Gasteiger partial charge in [-0.15, -0.1) is 0 Å². The molecule has 0 heterocycles. The first-order valence-electron chi connectivity index (χ1n) is 9.49. The third-order valence-electron chi connectivity index (χ3n) is 6.73. The second kappa shape index (κ2) is 6.81. The van der Waals surface area contributed by atoms with Crippen LogP contribution in [0.5, 0.6) is 0 Å². The summed E-state index contributed by atoms with van der Waals surface area (Å²) in [5.41, 5.74) is 0. The summed E-state index contributed by atoms with van der Waals surface area (Å²) in [7, 11) is 0. The molecule has 0 aromatic heterocycles. The third-order valence-corrected chi connectivity index (χ3v) is 6.73. The smallest absolute Gasteiger partial charge is 0.00980 e. The first-order chi connectivity index (χ1) is 9.76. The van der Waals surface area contributed by atoms with E-state index in [9.17, 15) is 0 Å². The van der Waals surface area contributed by atoms with Crippen LogP contribution in [0.3, 0.4) is 0 Å². The van der Waals surface area contributed by atoms with Crippen molar-refractivity contribution in [1.29, 1.82) is 0 Å². The molecule has 4 unspecified atom stereocenters. The Morgan fingerprint density at radius 1 is 1.00 bits per heavy atom. The molecule has 1 nitrogen and oxygen atoms in total. The number of hydrogen-bond donors (Lipinski definition) is 1. The van der Waals surface area contributed by atoms with Gasteiger partial charge in [-0.1, -0.05) is 33.1 Å². The summed E-state index contributed by atoms with van der Waals surface area (Å²) < 4.78 is 0. The highest BCUT2D eigenvalue weighted by Crippen LogP contribution is 2.50. The zero-order valence-corrected chi connectivity index (χ0v) is 13.7. The summed E-state index contributed by atoms with van der Waals surface area (Å²) >= 11 is 0.